The monoisotopic (exact) mass is 459 g/mol. The summed E-state index contributed by atoms with van der Waals surface area (Å²) in [7, 11) is -2.24. The van der Waals surface area contributed by atoms with Crippen LogP contribution in [-0.4, -0.2) is 38.3 Å². The maximum absolute atomic E-state index is 12.2. The molecule has 166 valence electrons. The Kier molecular flexibility index (Phi) is 6.56. The summed E-state index contributed by atoms with van der Waals surface area (Å²) in [5, 5.41) is 11.3. The van der Waals surface area contributed by atoms with Crippen molar-refractivity contribution in [2.45, 2.75) is 0 Å². The summed E-state index contributed by atoms with van der Waals surface area (Å²) in [4.78, 5) is 15.6. The molecule has 0 radical (unpaired) electrons. The van der Waals surface area contributed by atoms with Crippen molar-refractivity contribution in [1.29, 1.82) is 0 Å². The lowest BCUT2D eigenvalue weighted by Crippen LogP contribution is -2.11. The first-order chi connectivity index (χ1) is 15.2. The van der Waals surface area contributed by atoms with Crippen LogP contribution in [0.15, 0.2) is 60.7 Å². The molecule has 0 aliphatic heterocycles. The first-order valence-corrected chi connectivity index (χ1v) is 10.4. The zero-order valence-corrected chi connectivity index (χ0v) is 17.8. The summed E-state index contributed by atoms with van der Waals surface area (Å²) in [6.45, 7) is 0. The van der Waals surface area contributed by atoms with E-state index in [2.05, 4.69) is 4.98 Å². The third kappa shape index (κ3) is 4.76. The Bertz CT molecular complexity index is 1390. The number of fused-ring (bicyclic) bond motifs is 2. The number of benzene rings is 3. The highest BCUT2D eigenvalue weighted by molar-refractivity contribution is 7.80. The second-order valence-electron chi connectivity index (χ2n) is 6.51. The molecule has 1 heterocycles. The van der Waals surface area contributed by atoms with Crippen molar-refractivity contribution in [2.24, 2.45) is 0 Å². The molecule has 0 saturated heterocycles. The number of methoxy groups -OCH3 is 2. The molecule has 32 heavy (non-hydrogen) atoms. The average molecular weight is 459 g/mol. The van der Waals surface area contributed by atoms with Crippen LogP contribution in [0.3, 0.4) is 0 Å². The quantitative estimate of drug-likeness (QED) is 0.281. The second kappa shape index (κ2) is 9.16. The topological polar surface area (TPSA) is 127 Å². The van der Waals surface area contributed by atoms with Gasteiger partial charge < -0.3 is 19.1 Å². The van der Waals surface area contributed by atoms with Crippen molar-refractivity contribution in [3.8, 4) is 22.6 Å². The van der Waals surface area contributed by atoms with Crippen molar-refractivity contribution in [3.63, 3.8) is 0 Å². The predicted octanol–water partition coefficient (Wildman–Crippen LogP) is 3.61. The number of hydrogen-bond acceptors (Lipinski definition) is 6. The molecular weight excluding hydrogens is 441 g/mol. The molecule has 0 saturated carbocycles. The number of ether oxygens (including phenoxy) is 2. The number of aromatic amines is 1. The van der Waals surface area contributed by atoms with E-state index >= 15 is 0 Å². The zero-order valence-electron chi connectivity index (χ0n) is 17.0. The number of hydrogen-bond donors (Lipinski definition) is 1. The van der Waals surface area contributed by atoms with E-state index in [1.54, 1.807) is 14.2 Å². The molecule has 0 aliphatic carbocycles. The van der Waals surface area contributed by atoms with Gasteiger partial charge in [0.15, 0.2) is 0 Å². The van der Waals surface area contributed by atoms with Gasteiger partial charge in [0.25, 0.3) is 10.5 Å². The summed E-state index contributed by atoms with van der Waals surface area (Å²) in [5.74, 6) is 0.254. The highest BCUT2D eigenvalue weighted by Crippen LogP contribution is 2.42. The number of pyridine rings is 1. The molecule has 4 aromatic rings. The van der Waals surface area contributed by atoms with Gasteiger partial charge in [0.05, 0.1) is 36.1 Å². The first kappa shape index (κ1) is 22.9. The van der Waals surface area contributed by atoms with Gasteiger partial charge in [0.1, 0.15) is 11.5 Å². The van der Waals surface area contributed by atoms with Crippen LogP contribution in [0, 0.1) is 0 Å². The van der Waals surface area contributed by atoms with Crippen LogP contribution in [-0.2, 0) is 10.5 Å². The van der Waals surface area contributed by atoms with Crippen LogP contribution in [0.5, 0.6) is 11.5 Å². The number of aromatic carboxylic acids is 1. The number of para-hydroxylation sites is 1. The Morgan fingerprint density at radius 1 is 0.938 bits per heavy atom. The minimum atomic E-state index is -5.42. The van der Waals surface area contributed by atoms with E-state index in [1.807, 2.05) is 60.7 Å². The molecule has 0 spiro atoms. The Labute approximate surface area is 182 Å². The lowest BCUT2D eigenvalue weighted by Gasteiger charge is -2.15. The third-order valence-electron chi connectivity index (χ3n) is 4.69. The lowest BCUT2D eigenvalue weighted by molar-refractivity contribution is -0.310. The molecule has 10 heteroatoms. The van der Waals surface area contributed by atoms with Gasteiger partial charge in [-0.3, -0.25) is 0 Å². The number of aromatic nitrogens is 1. The van der Waals surface area contributed by atoms with Gasteiger partial charge >= 0.3 is 5.97 Å². The largest absolute Gasteiger partial charge is 0.722 e. The fourth-order valence-corrected chi connectivity index (χ4v) is 3.56. The normalized spacial score (nSPS) is 11.0. The fourth-order valence-electron chi connectivity index (χ4n) is 3.56. The van der Waals surface area contributed by atoms with Crippen LogP contribution >= 0.6 is 0 Å². The fraction of sp³-hybridized carbons (Fsp3) is 0.0909. The maximum Gasteiger partial charge on any atom is 0.337 e. The standard InChI is InChI=1S/C22H17NO4.FHO3S/c1-26-17-11-6-12-18(27-2)20(17)14-8-5-10-16-19(14)21(22(24)25)13-7-3-4-9-15(13)23-16;1-5(2,3)4/h3-12H,1-2H3,(H,24,25);(H,2,3,4). The van der Waals surface area contributed by atoms with E-state index in [4.69, 9.17) is 22.4 Å². The van der Waals surface area contributed by atoms with Crippen molar-refractivity contribution >= 4 is 38.3 Å². The van der Waals surface area contributed by atoms with E-state index in [1.165, 1.54) is 0 Å². The lowest BCUT2D eigenvalue weighted by atomic mass is 9.93. The molecule has 0 bridgehead atoms. The van der Waals surface area contributed by atoms with Crippen LogP contribution in [0.2, 0.25) is 0 Å². The molecule has 0 aliphatic rings. The van der Waals surface area contributed by atoms with Gasteiger partial charge in [-0.25, -0.2) is 18.2 Å². The van der Waals surface area contributed by atoms with Crippen molar-refractivity contribution in [2.75, 3.05) is 14.2 Å². The average Bonchev–Trinajstić information content (AvgIpc) is 2.75. The van der Waals surface area contributed by atoms with Crippen LogP contribution in [0.1, 0.15) is 10.4 Å². The van der Waals surface area contributed by atoms with Crippen LogP contribution in [0.4, 0.5) is 3.89 Å². The summed E-state index contributed by atoms with van der Waals surface area (Å²) in [5.41, 5.74) is 3.21. The smallest absolute Gasteiger partial charge is 0.337 e. The molecule has 8 nitrogen and oxygen atoms in total. The SMILES string of the molecule is COc1cccc(OC)c1-c1cccc2[nH+]c3ccccc3c(C(=O)O)c12.O=S(=O)([O-])F. The summed E-state index contributed by atoms with van der Waals surface area (Å²) >= 11 is 0. The van der Waals surface area contributed by atoms with Crippen molar-refractivity contribution in [1.82, 2.24) is 0 Å². The molecule has 4 rings (SSSR count). The number of carbonyl (C=O) groups is 1. The van der Waals surface area contributed by atoms with Gasteiger partial charge in [-0.1, -0.05) is 30.3 Å². The van der Waals surface area contributed by atoms with Crippen molar-refractivity contribution in [3.05, 3.63) is 66.2 Å². The van der Waals surface area contributed by atoms with Gasteiger partial charge in [0, 0.05) is 17.7 Å². The van der Waals surface area contributed by atoms with E-state index in [9.17, 15) is 13.8 Å². The Balaban J connectivity index is 0.000000523. The van der Waals surface area contributed by atoms with Gasteiger partial charge in [-0.05, 0) is 18.2 Å². The van der Waals surface area contributed by atoms with E-state index in [0.29, 0.717) is 22.3 Å². The molecule has 0 unspecified atom stereocenters. The zero-order chi connectivity index (χ0) is 23.5. The predicted molar refractivity (Wildman–Crippen MR) is 114 cm³/mol. The van der Waals surface area contributed by atoms with Gasteiger partial charge in [-0.15, -0.1) is 3.89 Å². The van der Waals surface area contributed by atoms with Crippen LogP contribution < -0.4 is 14.5 Å². The minimum absolute atomic E-state index is 0.253. The molecule has 0 fully saturated rings. The van der Waals surface area contributed by atoms with E-state index in [-0.39, 0.29) is 5.56 Å². The Hall–Kier alpha value is -3.76. The van der Waals surface area contributed by atoms with Gasteiger partial charge in [-0.2, -0.15) is 0 Å². The highest BCUT2D eigenvalue weighted by Gasteiger charge is 2.24. The molecule has 1 aromatic heterocycles. The number of halogens is 1. The number of carboxylic acids is 1. The second-order valence-corrected chi connectivity index (χ2v) is 7.30. The molecule has 3 aromatic carbocycles. The molecule has 0 atom stereocenters. The maximum atomic E-state index is 12.2. The summed E-state index contributed by atoms with van der Waals surface area (Å²) in [6.07, 6.45) is 0. The highest BCUT2D eigenvalue weighted by atomic mass is 32.3. The molecular formula is C22H18FNO7S. The first-order valence-electron chi connectivity index (χ1n) is 9.12. The Morgan fingerprint density at radius 2 is 1.47 bits per heavy atom. The van der Waals surface area contributed by atoms with Crippen LogP contribution in [0.25, 0.3) is 32.9 Å². The number of nitrogens with one attached hydrogen (secondary N) is 1. The third-order valence-corrected chi connectivity index (χ3v) is 4.69. The molecule has 0 amide bonds. The minimum Gasteiger partial charge on any atom is -0.722 e. The van der Waals surface area contributed by atoms with Gasteiger partial charge in [0.2, 0.25) is 11.0 Å². The molecule has 2 N–H and O–H groups in total. The summed E-state index contributed by atoms with van der Waals surface area (Å²) in [6, 6.07) is 18.6. The van der Waals surface area contributed by atoms with E-state index in [0.717, 1.165) is 22.2 Å². The summed E-state index contributed by atoms with van der Waals surface area (Å²) < 4.78 is 46.4. The number of rotatable bonds is 4. The number of H-pyrrole nitrogens is 1. The number of carboxylic acid groups (broad SMARTS) is 1. The van der Waals surface area contributed by atoms with E-state index < -0.39 is 16.5 Å². The van der Waals surface area contributed by atoms with Crippen molar-refractivity contribution < 1.29 is 41.2 Å². The Morgan fingerprint density at radius 3 is 2.03 bits per heavy atom.